The lowest BCUT2D eigenvalue weighted by Gasteiger charge is -2.45. The number of aliphatic hydroxyl groups excluding tert-OH is 4. The normalized spacial score (nSPS) is 21.8. The highest BCUT2D eigenvalue weighted by atomic mass is 19.1. The fraction of sp³-hybridized carbons (Fsp3) is 0.492. The van der Waals surface area contributed by atoms with E-state index in [-0.39, 0.29) is 62.7 Å². The highest BCUT2D eigenvalue weighted by Gasteiger charge is 2.48. The molecular weight excluding hydrogens is 1080 g/mol. The molecule has 0 aromatic heterocycles. The Hall–Kier alpha value is -6.36. The van der Waals surface area contributed by atoms with E-state index in [4.69, 9.17) is 18.9 Å². The number of nitrogens with zero attached hydrogens (tertiary/aromatic N) is 2. The smallest absolute Gasteiger partial charge is 0.252 e. The van der Waals surface area contributed by atoms with Crippen molar-refractivity contribution in [1.29, 1.82) is 0 Å². The van der Waals surface area contributed by atoms with Gasteiger partial charge in [0.2, 0.25) is 11.8 Å². The van der Waals surface area contributed by atoms with Gasteiger partial charge in [-0.2, -0.15) is 0 Å². The number of ether oxygens (including phenoxy) is 4. The molecule has 20 heteroatoms. The average Bonchev–Trinajstić information content (AvgIpc) is 3.94. The summed E-state index contributed by atoms with van der Waals surface area (Å²) in [6.07, 6.45) is -2.93. The molecule has 0 aliphatic carbocycles. The van der Waals surface area contributed by atoms with Gasteiger partial charge in [0.05, 0.1) is 13.1 Å². The average molecular weight is 1170 g/mol. The third-order valence-electron chi connectivity index (χ3n) is 13.7. The van der Waals surface area contributed by atoms with E-state index < -0.39 is 114 Å². The molecule has 1 saturated heterocycles. The van der Waals surface area contributed by atoms with E-state index >= 15 is 0 Å². The standard InChI is InChI=1S/C32H40F2N2O6.C29H36F2N2O6.2CH4/c1-31(2,3)14-13-25-26(37)27(42-32(4,5)41-25)28(40-6)29(38)35-23-12-11-20-9-7-8-10-24(20)36(30(23)39)18-19-15-21(33)17-22(34)16-19;1-29(2,3)12-11-23(34)24(35)25(36)26(39-4)27(37)32-21-10-9-18-7-5-6-8-22(18)33(28(21)38)16-17-13-19(30)15-20(31)14-17;;/h7-10,13-17,23,25-28,37H,11-12,18H2,1-6H3,(H,35,38);5-8,11-15,21,23-26,34-36H,9-10,16H2,1-4H3,(H,32,37);2*1H4/b14-13+;12-11+;;/t23?,25-,26+,27-,28-;21?,23-,24+,25-,26-;;/m11../s1. The molecule has 456 valence electrons. The summed E-state index contributed by atoms with van der Waals surface area (Å²) in [7, 11) is 2.49. The number of carbonyl (C=O) groups is 4. The molecule has 6 N–H and O–H groups in total. The zero-order valence-electron chi connectivity index (χ0n) is 47.4. The highest BCUT2D eigenvalue weighted by Crippen LogP contribution is 2.34. The third-order valence-corrected chi connectivity index (χ3v) is 13.7. The number of carbonyl (C=O) groups excluding carboxylic acids is 4. The van der Waals surface area contributed by atoms with Crippen LogP contribution in [0.5, 0.6) is 0 Å². The molecule has 3 aliphatic rings. The predicted octanol–water partition coefficient (Wildman–Crippen LogP) is 8.33. The molecule has 4 amide bonds. The fourth-order valence-corrected chi connectivity index (χ4v) is 9.76. The summed E-state index contributed by atoms with van der Waals surface area (Å²) in [5, 5.41) is 48.0. The predicted molar refractivity (Wildman–Crippen MR) is 309 cm³/mol. The van der Waals surface area contributed by atoms with Gasteiger partial charge in [0, 0.05) is 37.7 Å². The van der Waals surface area contributed by atoms with Gasteiger partial charge in [-0.3, -0.25) is 19.2 Å². The number of hydrogen-bond donors (Lipinski definition) is 6. The molecule has 4 aromatic rings. The minimum Gasteiger partial charge on any atom is -0.387 e. The van der Waals surface area contributed by atoms with Gasteiger partial charge >= 0.3 is 0 Å². The number of nitrogens with one attached hydrogen (secondary N) is 2. The van der Waals surface area contributed by atoms with Crippen molar-refractivity contribution in [3.63, 3.8) is 0 Å². The number of aryl methyl sites for hydroxylation is 2. The quantitative estimate of drug-likeness (QED) is 0.0461. The molecule has 4 aromatic carbocycles. The topological polar surface area (TPSA) is 217 Å². The van der Waals surface area contributed by atoms with E-state index in [1.165, 1.54) is 35.1 Å². The summed E-state index contributed by atoms with van der Waals surface area (Å²) in [5.74, 6) is -6.64. The van der Waals surface area contributed by atoms with Gasteiger partial charge in [-0.1, -0.05) is 117 Å². The second-order valence-corrected chi connectivity index (χ2v) is 23.2. The molecule has 0 radical (unpaired) electrons. The molecule has 3 aliphatic heterocycles. The van der Waals surface area contributed by atoms with Crippen molar-refractivity contribution in [2.75, 3.05) is 24.0 Å². The number of methoxy groups -OCH3 is 2. The molecule has 7 rings (SSSR count). The zero-order valence-corrected chi connectivity index (χ0v) is 47.4. The largest absolute Gasteiger partial charge is 0.387 e. The Balaban J connectivity index is 0.000000349. The van der Waals surface area contributed by atoms with Crippen LogP contribution in [-0.2, 0) is 64.1 Å². The lowest BCUT2D eigenvalue weighted by Crippen LogP contribution is -2.62. The van der Waals surface area contributed by atoms with Crippen LogP contribution in [0.1, 0.15) is 105 Å². The van der Waals surface area contributed by atoms with Crippen LogP contribution in [0.15, 0.2) is 109 Å². The highest BCUT2D eigenvalue weighted by molar-refractivity contribution is 6.02. The van der Waals surface area contributed by atoms with E-state index in [9.17, 15) is 57.2 Å². The second-order valence-electron chi connectivity index (χ2n) is 23.2. The molecule has 0 spiro atoms. The summed E-state index contributed by atoms with van der Waals surface area (Å²) in [4.78, 5) is 57.1. The SMILES string of the molecule is C.C.CO[C@@H](C(=O)NC1CCc2ccccc2N(Cc2cc(F)cc(F)c2)C1=O)[C@@H]1OC(C)(C)O[C@H](/C=C/C(C)(C)C)[C@@H]1O.CO[C@@H](C(=O)NC1CCc2ccccc2N(Cc2cc(F)cc(F)c2)C1=O)[C@H](O)[C@@H](O)[C@H](O)/C=C/C(C)(C)C. The van der Waals surface area contributed by atoms with Crippen LogP contribution in [0.3, 0.4) is 0 Å². The van der Waals surface area contributed by atoms with Gasteiger partial charge in [0.1, 0.15) is 72.0 Å². The van der Waals surface area contributed by atoms with Crippen LogP contribution >= 0.6 is 0 Å². The lowest BCUT2D eigenvalue weighted by molar-refractivity contribution is -0.334. The van der Waals surface area contributed by atoms with Gasteiger partial charge in [0.25, 0.3) is 11.8 Å². The Morgan fingerprint density at radius 1 is 0.675 bits per heavy atom. The van der Waals surface area contributed by atoms with Gasteiger partial charge in [0.15, 0.2) is 18.0 Å². The molecule has 0 bridgehead atoms. The molecule has 1 fully saturated rings. The van der Waals surface area contributed by atoms with Crippen molar-refractivity contribution >= 4 is 35.0 Å². The first-order valence-electron chi connectivity index (χ1n) is 26.8. The number of halogens is 4. The first-order valence-corrected chi connectivity index (χ1v) is 26.8. The van der Waals surface area contributed by atoms with Crippen molar-refractivity contribution in [1.82, 2.24) is 10.6 Å². The van der Waals surface area contributed by atoms with E-state index in [0.29, 0.717) is 24.2 Å². The number of benzene rings is 4. The van der Waals surface area contributed by atoms with E-state index in [1.807, 2.05) is 65.8 Å². The van der Waals surface area contributed by atoms with Crippen molar-refractivity contribution in [3.05, 3.63) is 155 Å². The summed E-state index contributed by atoms with van der Waals surface area (Å²) in [6, 6.07) is 18.5. The number of fused-ring (bicyclic) bond motifs is 2. The fourth-order valence-electron chi connectivity index (χ4n) is 9.76. The monoisotopic (exact) mass is 1160 g/mol. The van der Waals surface area contributed by atoms with Crippen LogP contribution in [0, 0.1) is 34.1 Å². The molecule has 3 heterocycles. The third kappa shape index (κ3) is 18.8. The van der Waals surface area contributed by atoms with Crippen molar-refractivity contribution in [2.24, 2.45) is 10.8 Å². The Labute approximate surface area is 485 Å². The summed E-state index contributed by atoms with van der Waals surface area (Å²) in [5.41, 5.74) is 2.88. The van der Waals surface area contributed by atoms with Crippen molar-refractivity contribution in [2.45, 2.75) is 176 Å². The van der Waals surface area contributed by atoms with E-state index in [2.05, 4.69) is 10.6 Å². The number of hydrogen-bond acceptors (Lipinski definition) is 12. The second kappa shape index (κ2) is 29.4. The van der Waals surface area contributed by atoms with Gasteiger partial charge in [-0.15, -0.1) is 0 Å². The van der Waals surface area contributed by atoms with Crippen LogP contribution < -0.4 is 20.4 Å². The van der Waals surface area contributed by atoms with Crippen LogP contribution in [0.25, 0.3) is 0 Å². The first kappa shape index (κ1) is 69.1. The van der Waals surface area contributed by atoms with Gasteiger partial charge < -0.3 is 59.8 Å². The maximum atomic E-state index is 14.0. The van der Waals surface area contributed by atoms with Crippen molar-refractivity contribution < 1.29 is 76.1 Å². The van der Waals surface area contributed by atoms with Crippen LogP contribution in [0.2, 0.25) is 0 Å². The number of aliphatic hydroxyl groups is 4. The molecule has 10 atom stereocenters. The first-order chi connectivity index (χ1) is 38.0. The lowest BCUT2D eigenvalue weighted by atomic mass is 9.93. The summed E-state index contributed by atoms with van der Waals surface area (Å²) in [6.45, 7) is 14.8. The summed E-state index contributed by atoms with van der Waals surface area (Å²) >= 11 is 0. The summed E-state index contributed by atoms with van der Waals surface area (Å²) < 4.78 is 78.2. The Kier molecular flexibility index (Phi) is 24.5. The van der Waals surface area contributed by atoms with Gasteiger partial charge in [-0.05, 0) is 109 Å². The Bertz CT molecular complexity index is 2870. The number of para-hydroxylation sites is 2. The van der Waals surface area contributed by atoms with Crippen LogP contribution in [0.4, 0.5) is 28.9 Å². The van der Waals surface area contributed by atoms with Crippen LogP contribution in [-0.4, -0.2) is 125 Å². The number of rotatable bonds is 16. The molecular formula is C63H84F4N4O12. The Morgan fingerprint density at radius 2 is 1.11 bits per heavy atom. The molecule has 83 heavy (non-hydrogen) atoms. The maximum Gasteiger partial charge on any atom is 0.252 e. The zero-order chi connectivity index (χ0) is 59.7. The number of anilines is 2. The Morgan fingerprint density at radius 3 is 1.53 bits per heavy atom. The van der Waals surface area contributed by atoms with E-state index in [1.54, 1.807) is 56.3 Å². The van der Waals surface area contributed by atoms with E-state index in [0.717, 1.165) is 42.5 Å². The number of allylic oxidation sites excluding steroid dienone is 2. The molecule has 2 unspecified atom stereocenters. The maximum absolute atomic E-state index is 14.0. The van der Waals surface area contributed by atoms with Crippen molar-refractivity contribution in [3.8, 4) is 0 Å². The number of amides is 4. The minimum atomic E-state index is -1.81. The van der Waals surface area contributed by atoms with Gasteiger partial charge in [-0.25, -0.2) is 17.6 Å². The minimum absolute atomic E-state index is 0. The molecule has 0 saturated carbocycles. The molecule has 16 nitrogen and oxygen atoms in total.